The van der Waals surface area contributed by atoms with E-state index in [-0.39, 0.29) is 25.7 Å². The molecule has 0 rings (SSSR count). The molecule has 0 heterocycles. The number of ether oxygens (including phenoxy) is 4. The highest BCUT2D eigenvalue weighted by Crippen LogP contribution is 2.45. The maximum absolute atomic E-state index is 13.1. The van der Waals surface area contributed by atoms with Gasteiger partial charge in [0.05, 0.1) is 26.4 Å². The molecular formula is C75H146O17P2. The molecule has 17 nitrogen and oxygen atoms in total. The molecule has 0 radical (unpaired) electrons. The largest absolute Gasteiger partial charge is 0.472 e. The first-order chi connectivity index (χ1) is 45.4. The van der Waals surface area contributed by atoms with Gasteiger partial charge in [0.2, 0.25) is 0 Å². The van der Waals surface area contributed by atoms with Gasteiger partial charge in [-0.25, -0.2) is 9.13 Å². The van der Waals surface area contributed by atoms with E-state index in [2.05, 4.69) is 41.5 Å². The monoisotopic (exact) mass is 1380 g/mol. The molecule has 558 valence electrons. The minimum absolute atomic E-state index is 0.106. The topological polar surface area (TPSA) is 237 Å². The highest BCUT2D eigenvalue weighted by atomic mass is 31.2. The highest BCUT2D eigenvalue weighted by molar-refractivity contribution is 7.47. The molecule has 0 saturated heterocycles. The van der Waals surface area contributed by atoms with Gasteiger partial charge in [-0.05, 0) is 37.5 Å². The van der Waals surface area contributed by atoms with Crippen LogP contribution in [0.4, 0.5) is 0 Å². The summed E-state index contributed by atoms with van der Waals surface area (Å²) in [4.78, 5) is 72.6. The molecule has 0 aliphatic heterocycles. The van der Waals surface area contributed by atoms with Crippen molar-refractivity contribution < 1.29 is 80.2 Å². The van der Waals surface area contributed by atoms with Gasteiger partial charge < -0.3 is 33.8 Å². The van der Waals surface area contributed by atoms with Gasteiger partial charge in [0, 0.05) is 25.7 Å². The van der Waals surface area contributed by atoms with Crippen molar-refractivity contribution in [3.8, 4) is 0 Å². The molecular weight excluding hydrogens is 1230 g/mol. The molecule has 19 heteroatoms. The van der Waals surface area contributed by atoms with Crippen molar-refractivity contribution in [2.45, 2.75) is 407 Å². The zero-order valence-electron chi connectivity index (χ0n) is 61.3. The van der Waals surface area contributed by atoms with Crippen molar-refractivity contribution in [1.82, 2.24) is 0 Å². The van der Waals surface area contributed by atoms with E-state index in [1.807, 2.05) is 0 Å². The predicted octanol–water partition coefficient (Wildman–Crippen LogP) is 21.9. The normalized spacial score (nSPS) is 14.3. The van der Waals surface area contributed by atoms with Gasteiger partial charge in [-0.15, -0.1) is 0 Å². The van der Waals surface area contributed by atoms with Gasteiger partial charge in [-0.3, -0.25) is 37.3 Å². The summed E-state index contributed by atoms with van der Waals surface area (Å²) in [7, 11) is -9.90. The maximum Gasteiger partial charge on any atom is 0.472 e. The van der Waals surface area contributed by atoms with Crippen LogP contribution in [-0.2, 0) is 65.4 Å². The summed E-state index contributed by atoms with van der Waals surface area (Å²) >= 11 is 0. The minimum Gasteiger partial charge on any atom is -0.462 e. The lowest BCUT2D eigenvalue weighted by molar-refractivity contribution is -0.161. The molecule has 0 aromatic rings. The second-order valence-electron chi connectivity index (χ2n) is 27.8. The first-order valence-electron chi connectivity index (χ1n) is 39.0. The Morgan fingerprint density at radius 2 is 0.543 bits per heavy atom. The van der Waals surface area contributed by atoms with E-state index in [1.165, 1.54) is 199 Å². The number of unbranched alkanes of at least 4 members (excludes halogenated alkanes) is 43. The van der Waals surface area contributed by atoms with E-state index in [4.69, 9.17) is 37.0 Å². The molecule has 0 aromatic carbocycles. The lowest BCUT2D eigenvalue weighted by Crippen LogP contribution is -2.30. The van der Waals surface area contributed by atoms with Crippen LogP contribution in [0.5, 0.6) is 0 Å². The summed E-state index contributed by atoms with van der Waals surface area (Å²) < 4.78 is 68.3. The fraction of sp³-hybridized carbons (Fsp3) is 0.947. The average molecular weight is 1380 g/mol. The SMILES string of the molecule is CCCCCCCCCCCC(=O)O[C@H](COC(=O)CCCCCCCCCC)COP(=O)(O)OC[C@H](O)COP(=O)(O)OC[C@@H](COC(=O)CCCCCCCCCCCCCCC(C)C)OC(=O)CCCCCCCCCCCCCCCCCCCCC(C)CC. The third kappa shape index (κ3) is 67.3. The van der Waals surface area contributed by atoms with Crippen molar-refractivity contribution >= 4 is 39.5 Å². The van der Waals surface area contributed by atoms with Crippen LogP contribution < -0.4 is 0 Å². The van der Waals surface area contributed by atoms with E-state index in [9.17, 15) is 43.2 Å². The van der Waals surface area contributed by atoms with Crippen molar-refractivity contribution in [1.29, 1.82) is 0 Å². The fourth-order valence-corrected chi connectivity index (χ4v) is 13.0. The Kier molecular flexibility index (Phi) is 65.5. The summed E-state index contributed by atoms with van der Waals surface area (Å²) in [5, 5.41) is 10.6. The minimum atomic E-state index is -4.96. The quantitative estimate of drug-likeness (QED) is 0.0222. The van der Waals surface area contributed by atoms with Crippen molar-refractivity contribution in [3.05, 3.63) is 0 Å². The molecule has 0 aromatic heterocycles. The van der Waals surface area contributed by atoms with Crippen LogP contribution in [0.2, 0.25) is 0 Å². The van der Waals surface area contributed by atoms with E-state index in [0.29, 0.717) is 25.7 Å². The number of aliphatic hydroxyl groups is 1. The van der Waals surface area contributed by atoms with Crippen molar-refractivity contribution in [2.75, 3.05) is 39.6 Å². The number of aliphatic hydroxyl groups excluding tert-OH is 1. The second-order valence-corrected chi connectivity index (χ2v) is 30.7. The molecule has 0 amide bonds. The van der Waals surface area contributed by atoms with E-state index < -0.39 is 97.5 Å². The van der Waals surface area contributed by atoms with E-state index in [0.717, 1.165) is 108 Å². The lowest BCUT2D eigenvalue weighted by Gasteiger charge is -2.21. The summed E-state index contributed by atoms with van der Waals surface area (Å²) in [6.45, 7) is 9.62. The Morgan fingerprint density at radius 1 is 0.309 bits per heavy atom. The van der Waals surface area contributed by atoms with Gasteiger partial charge >= 0.3 is 39.5 Å². The summed E-state index contributed by atoms with van der Waals surface area (Å²) in [6, 6.07) is 0. The van der Waals surface area contributed by atoms with Crippen molar-refractivity contribution in [3.63, 3.8) is 0 Å². The number of esters is 4. The number of hydrogen-bond acceptors (Lipinski definition) is 15. The Bertz CT molecular complexity index is 1820. The zero-order valence-corrected chi connectivity index (χ0v) is 63.1. The zero-order chi connectivity index (χ0) is 69.3. The first-order valence-corrected chi connectivity index (χ1v) is 42.0. The Morgan fingerprint density at radius 3 is 0.809 bits per heavy atom. The van der Waals surface area contributed by atoms with Gasteiger partial charge in [-0.1, -0.05) is 337 Å². The molecule has 94 heavy (non-hydrogen) atoms. The summed E-state index contributed by atoms with van der Waals surface area (Å²) in [5.41, 5.74) is 0. The van der Waals surface area contributed by atoms with Crippen LogP contribution in [0, 0.1) is 11.8 Å². The van der Waals surface area contributed by atoms with Crippen LogP contribution in [0.3, 0.4) is 0 Å². The number of carbonyl (C=O) groups is 4. The van der Waals surface area contributed by atoms with E-state index in [1.54, 1.807) is 0 Å². The molecule has 0 aliphatic rings. The van der Waals surface area contributed by atoms with Crippen LogP contribution in [0.15, 0.2) is 0 Å². The Hall–Kier alpha value is -1.94. The maximum atomic E-state index is 13.1. The summed E-state index contributed by atoms with van der Waals surface area (Å²) in [5.74, 6) is -0.469. The standard InChI is InChI=1S/C75H146O17P2/c1-7-10-12-14-16-32-41-47-53-59-74(79)91-70(63-85-72(77)57-51-45-39-17-15-13-11-8-2)65-89-93(81,82)87-61-69(76)62-88-94(83,84)90-66-71(64-86-73(78)58-52-46-40-35-30-27-26-28-33-37-43-49-55-67(4)5)92-75(80)60-54-48-42-36-31-25-23-21-19-18-20-22-24-29-34-38-44-50-56-68(6)9-3/h67-71,76H,7-66H2,1-6H3,(H,81,82)(H,83,84)/t68?,69-,70+,71+/m0/s1. The molecule has 0 fully saturated rings. The van der Waals surface area contributed by atoms with Crippen LogP contribution in [0.25, 0.3) is 0 Å². The molecule has 0 saturated carbocycles. The number of phosphoric acid groups is 2. The average Bonchev–Trinajstić information content (AvgIpc) is 3.16. The second kappa shape index (κ2) is 66.9. The molecule has 0 bridgehead atoms. The van der Waals surface area contributed by atoms with E-state index >= 15 is 0 Å². The van der Waals surface area contributed by atoms with Crippen LogP contribution in [0.1, 0.15) is 388 Å². The lowest BCUT2D eigenvalue weighted by atomic mass is 9.99. The van der Waals surface area contributed by atoms with Gasteiger partial charge in [0.15, 0.2) is 12.2 Å². The van der Waals surface area contributed by atoms with Gasteiger partial charge in [0.1, 0.15) is 19.3 Å². The Balaban J connectivity index is 5.15. The molecule has 3 unspecified atom stereocenters. The van der Waals surface area contributed by atoms with Crippen LogP contribution >= 0.6 is 15.6 Å². The number of hydrogen-bond donors (Lipinski definition) is 3. The number of carbonyl (C=O) groups excluding carboxylic acids is 4. The van der Waals surface area contributed by atoms with Gasteiger partial charge in [0.25, 0.3) is 0 Å². The number of phosphoric ester groups is 2. The van der Waals surface area contributed by atoms with Gasteiger partial charge in [-0.2, -0.15) is 0 Å². The Labute approximate surface area is 575 Å². The number of rotatable bonds is 74. The van der Waals surface area contributed by atoms with Crippen LogP contribution in [-0.4, -0.2) is 96.7 Å². The highest BCUT2D eigenvalue weighted by Gasteiger charge is 2.30. The predicted molar refractivity (Wildman–Crippen MR) is 381 cm³/mol. The van der Waals surface area contributed by atoms with Crippen molar-refractivity contribution in [2.24, 2.45) is 11.8 Å². The summed E-state index contributed by atoms with van der Waals surface area (Å²) in [6.07, 6.45) is 54.2. The molecule has 0 spiro atoms. The fourth-order valence-electron chi connectivity index (χ4n) is 11.4. The molecule has 3 N–H and O–H groups in total. The third-order valence-electron chi connectivity index (χ3n) is 17.8. The third-order valence-corrected chi connectivity index (χ3v) is 19.7. The first kappa shape index (κ1) is 92.1. The molecule has 0 aliphatic carbocycles. The smallest absolute Gasteiger partial charge is 0.462 e. The molecule has 6 atom stereocenters.